The van der Waals surface area contributed by atoms with Gasteiger partial charge in [-0.15, -0.1) is 24.0 Å². The summed E-state index contributed by atoms with van der Waals surface area (Å²) in [6.45, 7) is 5.30. The second-order valence-corrected chi connectivity index (χ2v) is 8.35. The largest absolute Gasteiger partial charge is 0.481 e. The molecule has 0 atom stereocenters. The maximum Gasteiger partial charge on any atom is 0.321 e. The summed E-state index contributed by atoms with van der Waals surface area (Å²) in [4.78, 5) is 29.2. The SMILES string of the molecule is CC(C)CN(C(=O)NCCCCCC(=O)O)c1ccc2nc(S)sc2c1. The number of carbonyl (C=O) groups excluding carboxylic acids is 1. The van der Waals surface area contributed by atoms with Crippen LogP contribution < -0.4 is 10.2 Å². The number of aliphatic carboxylic acids is 1. The minimum atomic E-state index is -0.778. The van der Waals surface area contributed by atoms with E-state index in [4.69, 9.17) is 5.11 Å². The maximum atomic E-state index is 12.7. The van der Waals surface area contributed by atoms with Crippen molar-refractivity contribution in [3.63, 3.8) is 0 Å². The smallest absolute Gasteiger partial charge is 0.321 e. The molecule has 0 spiro atoms. The summed E-state index contributed by atoms with van der Waals surface area (Å²) in [6, 6.07) is 5.66. The van der Waals surface area contributed by atoms with Crippen molar-refractivity contribution in [1.82, 2.24) is 10.3 Å². The third kappa shape index (κ3) is 6.17. The fourth-order valence-corrected chi connectivity index (χ4v) is 3.75. The molecular weight excluding hydrogens is 370 g/mol. The van der Waals surface area contributed by atoms with Gasteiger partial charge in [0.05, 0.1) is 10.2 Å². The third-order valence-electron chi connectivity index (χ3n) is 3.81. The van der Waals surface area contributed by atoms with Gasteiger partial charge in [-0.25, -0.2) is 9.78 Å². The van der Waals surface area contributed by atoms with Gasteiger partial charge in [0.25, 0.3) is 0 Å². The van der Waals surface area contributed by atoms with Crippen molar-refractivity contribution >= 4 is 51.9 Å². The van der Waals surface area contributed by atoms with E-state index in [1.54, 1.807) is 4.90 Å². The molecule has 2 amide bonds. The molecule has 0 aliphatic carbocycles. The Morgan fingerprint density at radius 2 is 2.08 bits per heavy atom. The number of thiazole rings is 1. The number of carboxylic acids is 1. The first-order chi connectivity index (χ1) is 12.4. The molecule has 2 N–H and O–H groups in total. The number of aromatic nitrogens is 1. The number of nitrogens with zero attached hydrogens (tertiary/aromatic N) is 2. The summed E-state index contributed by atoms with van der Waals surface area (Å²) in [5.41, 5.74) is 1.72. The topological polar surface area (TPSA) is 82.5 Å². The van der Waals surface area contributed by atoms with Crippen LogP contribution in [0.4, 0.5) is 10.5 Å². The molecule has 0 aliphatic heterocycles. The molecule has 0 bridgehead atoms. The van der Waals surface area contributed by atoms with Crippen LogP contribution in [0.15, 0.2) is 22.5 Å². The van der Waals surface area contributed by atoms with Gasteiger partial charge >= 0.3 is 12.0 Å². The predicted molar refractivity (Wildman–Crippen MR) is 109 cm³/mol. The van der Waals surface area contributed by atoms with Crippen LogP contribution in [0.25, 0.3) is 10.2 Å². The molecule has 0 aliphatic rings. The number of hydrogen-bond donors (Lipinski definition) is 3. The second kappa shape index (κ2) is 9.78. The predicted octanol–water partition coefficient (Wildman–Crippen LogP) is 4.40. The van der Waals surface area contributed by atoms with Crippen molar-refractivity contribution in [1.29, 1.82) is 0 Å². The lowest BCUT2D eigenvalue weighted by Gasteiger charge is -2.25. The maximum absolute atomic E-state index is 12.7. The molecule has 142 valence electrons. The van der Waals surface area contributed by atoms with Crippen molar-refractivity contribution in [2.24, 2.45) is 5.92 Å². The van der Waals surface area contributed by atoms with E-state index in [2.05, 4.69) is 36.8 Å². The number of anilines is 1. The average Bonchev–Trinajstić information content (AvgIpc) is 2.94. The molecule has 0 saturated carbocycles. The molecule has 6 nitrogen and oxygen atoms in total. The lowest BCUT2D eigenvalue weighted by molar-refractivity contribution is -0.137. The Bertz CT molecular complexity index is 761. The minimum absolute atomic E-state index is 0.133. The molecule has 1 aromatic carbocycles. The first kappa shape index (κ1) is 20.5. The molecule has 26 heavy (non-hydrogen) atoms. The minimum Gasteiger partial charge on any atom is -0.481 e. The van der Waals surface area contributed by atoms with Gasteiger partial charge in [-0.3, -0.25) is 9.69 Å². The zero-order chi connectivity index (χ0) is 19.1. The highest BCUT2D eigenvalue weighted by Gasteiger charge is 2.17. The van der Waals surface area contributed by atoms with E-state index in [1.807, 2.05) is 18.2 Å². The number of urea groups is 1. The van der Waals surface area contributed by atoms with Gasteiger partial charge in [0.2, 0.25) is 0 Å². The Morgan fingerprint density at radius 1 is 1.31 bits per heavy atom. The molecule has 1 heterocycles. The Morgan fingerprint density at radius 3 is 2.77 bits per heavy atom. The van der Waals surface area contributed by atoms with Crippen molar-refractivity contribution in [3.05, 3.63) is 18.2 Å². The van der Waals surface area contributed by atoms with Crippen LogP contribution in [0.5, 0.6) is 0 Å². The summed E-state index contributed by atoms with van der Waals surface area (Å²) in [5.74, 6) is -0.450. The Hall–Kier alpha value is -1.80. The van der Waals surface area contributed by atoms with E-state index in [1.165, 1.54) is 11.3 Å². The molecule has 0 unspecified atom stereocenters. The normalized spacial score (nSPS) is 11.1. The van der Waals surface area contributed by atoms with Crippen molar-refractivity contribution in [3.8, 4) is 0 Å². The number of amides is 2. The summed E-state index contributed by atoms with van der Waals surface area (Å²) < 4.78 is 1.71. The monoisotopic (exact) mass is 395 g/mol. The molecule has 2 aromatic rings. The fraction of sp³-hybridized carbons (Fsp3) is 0.500. The van der Waals surface area contributed by atoms with E-state index < -0.39 is 5.97 Å². The number of rotatable bonds is 9. The van der Waals surface area contributed by atoms with Crippen molar-refractivity contribution in [2.45, 2.75) is 43.9 Å². The van der Waals surface area contributed by atoms with Gasteiger partial charge in [0.15, 0.2) is 0 Å². The van der Waals surface area contributed by atoms with Gasteiger partial charge in [-0.1, -0.05) is 20.3 Å². The average molecular weight is 396 g/mol. The molecule has 8 heteroatoms. The number of carboxylic acid groups (broad SMARTS) is 1. The molecular formula is C18H25N3O3S2. The summed E-state index contributed by atoms with van der Waals surface area (Å²) >= 11 is 5.78. The van der Waals surface area contributed by atoms with Gasteiger partial charge < -0.3 is 10.4 Å². The highest BCUT2D eigenvalue weighted by atomic mass is 32.2. The lowest BCUT2D eigenvalue weighted by atomic mass is 10.2. The van der Waals surface area contributed by atoms with Crippen LogP contribution in [-0.4, -0.2) is 35.2 Å². The van der Waals surface area contributed by atoms with E-state index >= 15 is 0 Å². The standard InChI is InChI=1S/C18H25N3O3S2/c1-12(2)11-21(17(24)19-9-5-3-4-6-16(22)23)13-7-8-14-15(10-13)26-18(25)20-14/h7-8,10,12H,3-6,9,11H2,1-2H3,(H,19,24)(H,20,25)(H,22,23). The number of benzene rings is 1. The fourth-order valence-electron chi connectivity index (χ4n) is 2.61. The Labute approximate surface area is 163 Å². The number of carbonyl (C=O) groups is 2. The summed E-state index contributed by atoms with van der Waals surface area (Å²) in [7, 11) is 0. The zero-order valence-corrected chi connectivity index (χ0v) is 16.8. The van der Waals surface area contributed by atoms with Crippen LogP contribution >= 0.6 is 24.0 Å². The van der Waals surface area contributed by atoms with E-state index in [9.17, 15) is 9.59 Å². The zero-order valence-electron chi connectivity index (χ0n) is 15.1. The van der Waals surface area contributed by atoms with Crippen LogP contribution in [0.2, 0.25) is 0 Å². The highest BCUT2D eigenvalue weighted by molar-refractivity contribution is 7.82. The van der Waals surface area contributed by atoms with Crippen molar-refractivity contribution < 1.29 is 14.7 Å². The van der Waals surface area contributed by atoms with Gasteiger partial charge in [-0.2, -0.15) is 0 Å². The Balaban J connectivity index is 1.98. The van der Waals surface area contributed by atoms with Crippen LogP contribution in [0.3, 0.4) is 0 Å². The number of unbranched alkanes of at least 4 members (excludes halogenated alkanes) is 2. The summed E-state index contributed by atoms with van der Waals surface area (Å²) in [6.07, 6.45) is 2.37. The number of nitrogens with one attached hydrogen (secondary N) is 1. The molecule has 0 fully saturated rings. The lowest BCUT2D eigenvalue weighted by Crippen LogP contribution is -2.42. The third-order valence-corrected chi connectivity index (χ3v) is 5.00. The molecule has 0 saturated heterocycles. The van der Waals surface area contributed by atoms with E-state index in [0.29, 0.717) is 29.8 Å². The first-order valence-electron chi connectivity index (χ1n) is 8.73. The molecule has 0 radical (unpaired) electrons. The van der Waals surface area contributed by atoms with Crippen molar-refractivity contribution in [2.75, 3.05) is 18.0 Å². The highest BCUT2D eigenvalue weighted by Crippen LogP contribution is 2.29. The van der Waals surface area contributed by atoms with Crippen LogP contribution in [0.1, 0.15) is 39.5 Å². The van der Waals surface area contributed by atoms with Crippen LogP contribution in [-0.2, 0) is 4.79 Å². The van der Waals surface area contributed by atoms with Gasteiger partial charge in [0, 0.05) is 25.2 Å². The van der Waals surface area contributed by atoms with E-state index in [-0.39, 0.29) is 12.5 Å². The molecule has 2 rings (SSSR count). The Kier molecular flexibility index (Phi) is 7.71. The number of fused-ring (bicyclic) bond motifs is 1. The number of thiol groups is 1. The first-order valence-corrected chi connectivity index (χ1v) is 10.00. The van der Waals surface area contributed by atoms with Gasteiger partial charge in [0.1, 0.15) is 4.34 Å². The second-order valence-electron chi connectivity index (χ2n) is 6.59. The number of hydrogen-bond acceptors (Lipinski definition) is 5. The van der Waals surface area contributed by atoms with E-state index in [0.717, 1.165) is 28.7 Å². The van der Waals surface area contributed by atoms with Gasteiger partial charge in [-0.05, 0) is 37.0 Å². The summed E-state index contributed by atoms with van der Waals surface area (Å²) in [5, 5.41) is 11.6. The quantitative estimate of drug-likeness (QED) is 0.434. The molecule has 1 aromatic heterocycles. The van der Waals surface area contributed by atoms with Crippen LogP contribution in [0, 0.1) is 5.92 Å².